The van der Waals surface area contributed by atoms with Crippen molar-refractivity contribution in [1.82, 2.24) is 31.1 Å². The van der Waals surface area contributed by atoms with E-state index in [-0.39, 0.29) is 47.6 Å². The number of nitrogens with one attached hydrogen (secondary N) is 4. The lowest BCUT2D eigenvalue weighted by Gasteiger charge is -2.44. The fourth-order valence-electron chi connectivity index (χ4n) is 9.18. The summed E-state index contributed by atoms with van der Waals surface area (Å²) in [4.78, 5) is 85.8. The van der Waals surface area contributed by atoms with E-state index in [2.05, 4.69) is 62.1 Å². The van der Waals surface area contributed by atoms with Crippen LogP contribution in [0, 0.1) is 33.5 Å². The first-order valence-electron chi connectivity index (χ1n) is 20.2. The first-order valence-corrected chi connectivity index (χ1v) is 20.2. The molecule has 12 nitrogen and oxygen atoms in total. The van der Waals surface area contributed by atoms with E-state index >= 15 is 0 Å². The van der Waals surface area contributed by atoms with E-state index in [1.54, 1.807) is 9.80 Å². The van der Waals surface area contributed by atoms with Crippen LogP contribution in [0.5, 0.6) is 0 Å². The zero-order valence-corrected chi connectivity index (χ0v) is 34.5. The van der Waals surface area contributed by atoms with E-state index in [1.165, 1.54) is 6.08 Å². The van der Waals surface area contributed by atoms with Gasteiger partial charge in [0, 0.05) is 31.8 Å². The third-order valence-electron chi connectivity index (χ3n) is 12.8. The number of unbranched alkanes of at least 4 members (excludes halogenated alkanes) is 1. The lowest BCUT2D eigenvalue weighted by molar-refractivity contribution is -0.146. The number of hydrogen-bond acceptors (Lipinski definition) is 6. The lowest BCUT2D eigenvalue weighted by atomic mass is 9.70. The molecule has 0 bridgehead atoms. The van der Waals surface area contributed by atoms with Crippen LogP contribution in [0.1, 0.15) is 127 Å². The molecule has 2 aliphatic carbocycles. The van der Waals surface area contributed by atoms with Gasteiger partial charge in [-0.3, -0.25) is 24.0 Å². The van der Waals surface area contributed by atoms with Crippen molar-refractivity contribution in [3.63, 3.8) is 0 Å². The standard InChI is InChI=1S/C42H68N6O6/c1-12-14-18-28(33(50)36(52)43-21-13-2)44-35(51)32-31-27(41(31,9)10)24-48(32)37(53)34(42(11)19-16-15-17-20-42)46-38(54)45-29(39(4,5)6)25-47-26(3)22-40(7,8)23-30(47)49/h13,27-29,31-32,34H,2-3,12,14-25H2,1,4-11H3,(H,43,52)(H,44,51)(H2,45,46,54)/t27?,28?,29-,31?,32+,34-/m1/s1. The molecule has 2 saturated heterocycles. The zero-order chi connectivity index (χ0) is 40.4. The molecule has 302 valence electrons. The summed E-state index contributed by atoms with van der Waals surface area (Å²) in [7, 11) is 0. The van der Waals surface area contributed by atoms with Crippen molar-refractivity contribution in [3.05, 3.63) is 24.9 Å². The Morgan fingerprint density at radius 3 is 2.19 bits per heavy atom. The third-order valence-corrected chi connectivity index (χ3v) is 12.8. The van der Waals surface area contributed by atoms with Crippen LogP contribution in [0.3, 0.4) is 0 Å². The van der Waals surface area contributed by atoms with Crippen LogP contribution in [0.15, 0.2) is 24.9 Å². The van der Waals surface area contributed by atoms with Crippen molar-refractivity contribution < 1.29 is 28.8 Å². The average molecular weight is 753 g/mol. The molecule has 2 saturated carbocycles. The number of allylic oxidation sites excluding steroid dienone is 1. The number of hydrogen-bond donors (Lipinski definition) is 4. The quantitative estimate of drug-likeness (QED) is 0.133. The van der Waals surface area contributed by atoms with Gasteiger partial charge in [-0.2, -0.15) is 0 Å². The molecule has 4 N–H and O–H groups in total. The maximum atomic E-state index is 14.9. The topological polar surface area (TPSA) is 157 Å². The van der Waals surface area contributed by atoms with Crippen molar-refractivity contribution in [3.8, 4) is 0 Å². The molecule has 4 fully saturated rings. The van der Waals surface area contributed by atoms with Crippen molar-refractivity contribution in [2.45, 2.75) is 151 Å². The van der Waals surface area contributed by atoms with E-state index in [0.717, 1.165) is 44.2 Å². The number of rotatable bonds is 15. The maximum absolute atomic E-state index is 14.9. The number of likely N-dealkylation sites (tertiary alicyclic amines) is 2. The predicted molar refractivity (Wildman–Crippen MR) is 210 cm³/mol. The zero-order valence-electron chi connectivity index (χ0n) is 34.5. The van der Waals surface area contributed by atoms with Crippen LogP contribution < -0.4 is 21.3 Å². The van der Waals surface area contributed by atoms with Crippen LogP contribution in [0.4, 0.5) is 4.79 Å². The average Bonchev–Trinajstić information content (AvgIpc) is 3.37. The van der Waals surface area contributed by atoms with Gasteiger partial charge in [-0.25, -0.2) is 4.79 Å². The number of carbonyl (C=O) groups is 6. The Morgan fingerprint density at radius 1 is 0.963 bits per heavy atom. The molecule has 0 spiro atoms. The fraction of sp³-hybridized carbons (Fsp3) is 0.762. The Morgan fingerprint density at radius 2 is 1.61 bits per heavy atom. The molecule has 0 radical (unpaired) electrons. The Balaban J connectivity index is 1.59. The second kappa shape index (κ2) is 16.6. The number of ketones is 1. The second-order valence-corrected chi connectivity index (χ2v) is 19.2. The predicted octanol–water partition coefficient (Wildman–Crippen LogP) is 5.23. The summed E-state index contributed by atoms with van der Waals surface area (Å²) in [5.74, 6) is -2.34. The van der Waals surface area contributed by atoms with Gasteiger partial charge in [-0.15, -0.1) is 6.58 Å². The molecular formula is C42H68N6O6. The number of amides is 6. The van der Waals surface area contributed by atoms with E-state index < -0.39 is 58.6 Å². The largest absolute Gasteiger partial charge is 0.346 e. The molecular weight excluding hydrogens is 684 g/mol. The van der Waals surface area contributed by atoms with Crippen LogP contribution >= 0.6 is 0 Å². The van der Waals surface area contributed by atoms with Crippen molar-refractivity contribution >= 4 is 35.4 Å². The first-order chi connectivity index (χ1) is 25.1. The number of urea groups is 1. The third kappa shape index (κ3) is 9.56. The van der Waals surface area contributed by atoms with Gasteiger partial charge in [0.25, 0.3) is 5.91 Å². The summed E-state index contributed by atoms with van der Waals surface area (Å²) in [5, 5.41) is 11.6. The molecule has 0 aromatic rings. The summed E-state index contributed by atoms with van der Waals surface area (Å²) < 4.78 is 0. The Labute approximate surface area is 323 Å². The van der Waals surface area contributed by atoms with Crippen molar-refractivity contribution in [2.24, 2.45) is 33.5 Å². The number of piperidine rings is 2. The van der Waals surface area contributed by atoms with Gasteiger partial charge in [0.15, 0.2) is 0 Å². The molecule has 4 aliphatic rings. The molecule has 0 aromatic carbocycles. The van der Waals surface area contributed by atoms with Crippen LogP contribution in [-0.4, -0.2) is 89.0 Å². The lowest BCUT2D eigenvalue weighted by Crippen LogP contribution is -2.64. The van der Waals surface area contributed by atoms with Crippen LogP contribution in [-0.2, 0) is 24.0 Å². The highest BCUT2D eigenvalue weighted by Gasteiger charge is 2.70. The molecule has 54 heavy (non-hydrogen) atoms. The van der Waals surface area contributed by atoms with E-state index in [4.69, 9.17) is 0 Å². The number of carbonyl (C=O) groups excluding carboxylic acids is 6. The molecule has 4 rings (SSSR count). The monoisotopic (exact) mass is 753 g/mol. The van der Waals surface area contributed by atoms with Crippen molar-refractivity contribution in [1.29, 1.82) is 0 Å². The van der Waals surface area contributed by atoms with Gasteiger partial charge >= 0.3 is 6.03 Å². The highest BCUT2D eigenvalue weighted by atomic mass is 16.2. The minimum absolute atomic E-state index is 0.0219. The Bertz CT molecular complexity index is 1470. The van der Waals surface area contributed by atoms with Crippen LogP contribution in [0.2, 0.25) is 0 Å². The van der Waals surface area contributed by atoms with E-state index in [1.807, 2.05) is 34.6 Å². The smallest absolute Gasteiger partial charge is 0.315 e. The molecule has 2 aliphatic heterocycles. The minimum atomic E-state index is -1.03. The van der Waals surface area contributed by atoms with Gasteiger partial charge in [-0.1, -0.05) is 107 Å². The molecule has 6 amide bonds. The molecule has 0 aromatic heterocycles. The van der Waals surface area contributed by atoms with Gasteiger partial charge in [0.1, 0.15) is 12.1 Å². The summed E-state index contributed by atoms with van der Waals surface area (Å²) in [5.41, 5.74) is -0.631. The van der Waals surface area contributed by atoms with Gasteiger partial charge in [0.05, 0.1) is 12.1 Å². The molecule has 3 unspecified atom stereocenters. The fourth-order valence-corrected chi connectivity index (χ4v) is 9.18. The normalized spacial score (nSPS) is 25.8. The highest BCUT2D eigenvalue weighted by molar-refractivity contribution is 6.38. The molecule has 2 heterocycles. The molecule has 6 atom stereocenters. The first kappa shape index (κ1) is 43.0. The van der Waals surface area contributed by atoms with Crippen LogP contribution in [0.25, 0.3) is 0 Å². The summed E-state index contributed by atoms with van der Waals surface area (Å²) in [6.45, 7) is 26.9. The maximum Gasteiger partial charge on any atom is 0.315 e. The van der Waals surface area contributed by atoms with Gasteiger partial charge in [0.2, 0.25) is 23.5 Å². The number of Topliss-reactive ketones (excluding diaryl/α,β-unsaturated/α-hetero) is 1. The highest BCUT2D eigenvalue weighted by Crippen LogP contribution is 2.65. The number of fused-ring (bicyclic) bond motifs is 1. The SMILES string of the molecule is C=CCNC(=O)C(=O)C(CCCC)NC(=O)[C@@H]1C2C(CN1C(=O)[C@@H](NC(=O)N[C@H](CN1C(=C)CC(C)(C)CC1=O)C(C)(C)C)C1(C)CCCCC1)C2(C)C. The van der Waals surface area contributed by atoms with Gasteiger partial charge in [-0.05, 0) is 59.2 Å². The van der Waals surface area contributed by atoms with Gasteiger partial charge < -0.3 is 31.1 Å². The Hall–Kier alpha value is -3.70. The summed E-state index contributed by atoms with van der Waals surface area (Å²) in [6.07, 6.45) is 8.60. The van der Waals surface area contributed by atoms with E-state index in [0.29, 0.717) is 32.2 Å². The Kier molecular flexibility index (Phi) is 13.2. The summed E-state index contributed by atoms with van der Waals surface area (Å²) >= 11 is 0. The van der Waals surface area contributed by atoms with E-state index in [9.17, 15) is 28.8 Å². The summed E-state index contributed by atoms with van der Waals surface area (Å²) in [6, 6.07) is -3.75. The van der Waals surface area contributed by atoms with Crippen molar-refractivity contribution in [2.75, 3.05) is 19.6 Å². The minimum Gasteiger partial charge on any atom is -0.346 e. The second-order valence-electron chi connectivity index (χ2n) is 19.2. The molecule has 12 heteroatoms. The number of nitrogens with zero attached hydrogens (tertiary/aromatic N) is 2.